The number of aromatic hydroxyl groups is 1. The lowest BCUT2D eigenvalue weighted by Crippen LogP contribution is -2.60. The molecule has 7 nitrogen and oxygen atoms in total. The van der Waals surface area contributed by atoms with Crippen LogP contribution in [0.1, 0.15) is 5.56 Å². The monoisotopic (exact) mass is 286 g/mol. The van der Waals surface area contributed by atoms with E-state index in [-0.39, 0.29) is 5.75 Å². The van der Waals surface area contributed by atoms with Gasteiger partial charge in [0.25, 0.3) is 0 Å². The zero-order chi connectivity index (χ0) is 14.9. The van der Waals surface area contributed by atoms with Gasteiger partial charge in [0.05, 0.1) is 6.61 Å². The minimum atomic E-state index is -1.48. The second kappa shape index (κ2) is 5.94. The first-order valence-corrected chi connectivity index (χ1v) is 6.21. The molecule has 1 aliphatic rings. The summed E-state index contributed by atoms with van der Waals surface area (Å²) in [5, 5.41) is 47.6. The van der Waals surface area contributed by atoms with Gasteiger partial charge >= 0.3 is 0 Å². The number of aliphatic hydroxyl groups is 4. The summed E-state index contributed by atoms with van der Waals surface area (Å²) in [5.41, 5.74) is 0.576. The van der Waals surface area contributed by atoms with Crippen molar-refractivity contribution in [3.8, 4) is 11.5 Å². The van der Waals surface area contributed by atoms with E-state index in [9.17, 15) is 20.4 Å². The van der Waals surface area contributed by atoms with Crippen LogP contribution in [0.5, 0.6) is 11.5 Å². The van der Waals surface area contributed by atoms with Crippen LogP contribution in [0.2, 0.25) is 0 Å². The Bertz CT molecular complexity index is 462. The number of rotatable bonds is 3. The molecular formula is C13H18O7. The molecule has 5 atom stereocenters. The van der Waals surface area contributed by atoms with E-state index in [1.807, 2.05) is 0 Å². The second-order valence-electron chi connectivity index (χ2n) is 4.76. The first-order valence-electron chi connectivity index (χ1n) is 6.21. The van der Waals surface area contributed by atoms with Crippen molar-refractivity contribution in [3.05, 3.63) is 23.8 Å². The number of hydrogen-bond acceptors (Lipinski definition) is 7. The summed E-state index contributed by atoms with van der Waals surface area (Å²) in [5.74, 6) is 0.427. The molecule has 112 valence electrons. The number of aliphatic hydroxyl groups excluding tert-OH is 4. The quantitative estimate of drug-likeness (QED) is 0.477. The van der Waals surface area contributed by atoms with Crippen molar-refractivity contribution in [2.45, 2.75) is 37.6 Å². The highest BCUT2D eigenvalue weighted by atomic mass is 16.7. The Hall–Kier alpha value is -1.38. The molecule has 0 amide bonds. The van der Waals surface area contributed by atoms with Gasteiger partial charge in [0.1, 0.15) is 35.9 Å². The molecule has 0 bridgehead atoms. The lowest BCUT2D eigenvalue weighted by molar-refractivity contribution is -0.277. The fraction of sp³-hybridized carbons (Fsp3) is 0.538. The average Bonchev–Trinajstić information content (AvgIpc) is 2.43. The van der Waals surface area contributed by atoms with Crippen molar-refractivity contribution in [1.82, 2.24) is 0 Å². The van der Waals surface area contributed by atoms with E-state index in [4.69, 9.17) is 14.6 Å². The molecule has 0 saturated carbocycles. The molecule has 1 aliphatic heterocycles. The summed E-state index contributed by atoms with van der Waals surface area (Å²) in [7, 11) is 0. The van der Waals surface area contributed by atoms with E-state index in [0.29, 0.717) is 11.3 Å². The normalized spacial score (nSPS) is 34.0. The lowest BCUT2D eigenvalue weighted by Gasteiger charge is -2.39. The number of aryl methyl sites for hydroxylation is 1. The Balaban J connectivity index is 2.13. The van der Waals surface area contributed by atoms with Crippen molar-refractivity contribution in [2.75, 3.05) is 6.61 Å². The number of benzene rings is 1. The predicted molar refractivity (Wildman–Crippen MR) is 67.2 cm³/mol. The molecular weight excluding hydrogens is 268 g/mol. The SMILES string of the molecule is Cc1cc(O[C@@H]2O[C@@H](CO)[C@@H](O)[C@@H](O)[C@H]2O)ccc1O. The molecule has 1 saturated heterocycles. The standard InChI is InChI=1S/C13H18O7/c1-6-4-7(2-3-8(6)15)19-13-12(18)11(17)10(16)9(5-14)20-13/h2-4,9-18H,5H2,1H3/t9-,10+,11+,12+,13+/m0/s1. The van der Waals surface area contributed by atoms with E-state index in [0.717, 1.165) is 0 Å². The highest BCUT2D eigenvalue weighted by molar-refractivity contribution is 5.38. The Morgan fingerprint density at radius 2 is 1.85 bits per heavy atom. The maximum Gasteiger partial charge on any atom is 0.229 e. The molecule has 1 heterocycles. The summed E-state index contributed by atoms with van der Waals surface area (Å²) in [4.78, 5) is 0. The van der Waals surface area contributed by atoms with Gasteiger partial charge < -0.3 is 35.0 Å². The maximum absolute atomic E-state index is 9.82. The molecule has 2 rings (SSSR count). The van der Waals surface area contributed by atoms with E-state index in [1.165, 1.54) is 18.2 Å². The van der Waals surface area contributed by atoms with Gasteiger partial charge in [-0.1, -0.05) is 0 Å². The van der Waals surface area contributed by atoms with Crippen LogP contribution in [0.4, 0.5) is 0 Å². The van der Waals surface area contributed by atoms with Crippen molar-refractivity contribution >= 4 is 0 Å². The highest BCUT2D eigenvalue weighted by Crippen LogP contribution is 2.27. The van der Waals surface area contributed by atoms with Gasteiger partial charge in [0.2, 0.25) is 6.29 Å². The molecule has 0 radical (unpaired) electrons. The summed E-state index contributed by atoms with van der Waals surface area (Å²) in [6, 6.07) is 4.44. The Kier molecular flexibility index (Phi) is 4.46. The van der Waals surface area contributed by atoms with E-state index in [2.05, 4.69) is 0 Å². The van der Waals surface area contributed by atoms with Crippen LogP contribution in [0.15, 0.2) is 18.2 Å². The van der Waals surface area contributed by atoms with Gasteiger partial charge in [0.15, 0.2) is 0 Å². The minimum absolute atomic E-state index is 0.103. The van der Waals surface area contributed by atoms with Crippen LogP contribution >= 0.6 is 0 Å². The fourth-order valence-electron chi connectivity index (χ4n) is 2.00. The zero-order valence-electron chi connectivity index (χ0n) is 10.9. The molecule has 7 heteroatoms. The summed E-state index contributed by atoms with van der Waals surface area (Å²) >= 11 is 0. The van der Waals surface area contributed by atoms with E-state index >= 15 is 0 Å². The van der Waals surface area contributed by atoms with Gasteiger partial charge in [-0.2, -0.15) is 0 Å². The van der Waals surface area contributed by atoms with Crippen LogP contribution in [0.3, 0.4) is 0 Å². The lowest BCUT2D eigenvalue weighted by atomic mass is 9.99. The fourth-order valence-corrected chi connectivity index (χ4v) is 2.00. The van der Waals surface area contributed by atoms with Crippen molar-refractivity contribution < 1.29 is 35.0 Å². The molecule has 1 aromatic carbocycles. The Morgan fingerprint density at radius 3 is 2.45 bits per heavy atom. The second-order valence-corrected chi connectivity index (χ2v) is 4.76. The largest absolute Gasteiger partial charge is 0.508 e. The molecule has 1 fully saturated rings. The summed E-state index contributed by atoms with van der Waals surface area (Å²) in [6.07, 6.45) is -6.60. The maximum atomic E-state index is 9.82. The first-order chi connectivity index (χ1) is 9.43. The third-order valence-corrected chi connectivity index (χ3v) is 3.27. The molecule has 0 aliphatic carbocycles. The first kappa shape index (κ1) is 15.0. The third-order valence-electron chi connectivity index (χ3n) is 3.27. The minimum Gasteiger partial charge on any atom is -0.508 e. The van der Waals surface area contributed by atoms with Crippen LogP contribution in [-0.2, 0) is 4.74 Å². The summed E-state index contributed by atoms with van der Waals surface area (Å²) in [6.45, 7) is 1.16. The topological polar surface area (TPSA) is 120 Å². The average molecular weight is 286 g/mol. The van der Waals surface area contributed by atoms with Gasteiger partial charge in [-0.25, -0.2) is 0 Å². The van der Waals surface area contributed by atoms with Gasteiger partial charge in [0, 0.05) is 0 Å². The van der Waals surface area contributed by atoms with Crippen molar-refractivity contribution in [2.24, 2.45) is 0 Å². The Labute approximate surface area is 115 Å². The van der Waals surface area contributed by atoms with Crippen LogP contribution in [0.25, 0.3) is 0 Å². The van der Waals surface area contributed by atoms with E-state index in [1.54, 1.807) is 6.92 Å². The number of hydrogen-bond donors (Lipinski definition) is 5. The van der Waals surface area contributed by atoms with Crippen molar-refractivity contribution in [1.29, 1.82) is 0 Å². The number of phenolic OH excluding ortho intramolecular Hbond substituents is 1. The van der Waals surface area contributed by atoms with Crippen molar-refractivity contribution in [3.63, 3.8) is 0 Å². The molecule has 0 aromatic heterocycles. The van der Waals surface area contributed by atoms with Gasteiger partial charge in [-0.15, -0.1) is 0 Å². The molecule has 5 N–H and O–H groups in total. The summed E-state index contributed by atoms with van der Waals surface area (Å²) < 4.78 is 10.6. The van der Waals surface area contributed by atoms with Crippen LogP contribution in [-0.4, -0.2) is 62.8 Å². The molecule has 0 unspecified atom stereocenters. The smallest absolute Gasteiger partial charge is 0.229 e. The van der Waals surface area contributed by atoms with Gasteiger partial charge in [-0.3, -0.25) is 0 Å². The number of phenols is 1. The predicted octanol–water partition coefficient (Wildman–Crippen LogP) is -1.12. The third kappa shape index (κ3) is 2.87. The van der Waals surface area contributed by atoms with E-state index < -0.39 is 37.3 Å². The molecule has 20 heavy (non-hydrogen) atoms. The Morgan fingerprint density at radius 1 is 1.15 bits per heavy atom. The zero-order valence-corrected chi connectivity index (χ0v) is 10.9. The molecule has 1 aromatic rings. The van der Waals surface area contributed by atoms with Gasteiger partial charge in [-0.05, 0) is 30.7 Å². The van der Waals surface area contributed by atoms with Crippen LogP contribution < -0.4 is 4.74 Å². The van der Waals surface area contributed by atoms with Crippen LogP contribution in [0, 0.1) is 6.92 Å². The molecule has 0 spiro atoms. The number of ether oxygens (including phenoxy) is 2. The highest BCUT2D eigenvalue weighted by Gasteiger charge is 2.44.